The maximum atomic E-state index is 11.3. The third-order valence-electron chi connectivity index (χ3n) is 3.47. The Balaban J connectivity index is 0.000000291. The molecule has 2 rings (SSSR count). The molecule has 2 N–H and O–H groups in total. The quantitative estimate of drug-likeness (QED) is 0.670. The van der Waals surface area contributed by atoms with Gasteiger partial charge in [-0.3, -0.25) is 5.32 Å². The zero-order valence-corrected chi connectivity index (χ0v) is 19.1. The summed E-state index contributed by atoms with van der Waals surface area (Å²) in [5.74, 6) is 1.19. The van der Waals surface area contributed by atoms with Gasteiger partial charge in [-0.2, -0.15) is 0 Å². The van der Waals surface area contributed by atoms with E-state index in [4.69, 9.17) is 27.7 Å². The molecule has 0 unspecified atom stereocenters. The Morgan fingerprint density at radius 1 is 0.931 bits per heavy atom. The Labute approximate surface area is 181 Å². The van der Waals surface area contributed by atoms with Gasteiger partial charge in [0.15, 0.2) is 5.82 Å². The summed E-state index contributed by atoms with van der Waals surface area (Å²) in [6.45, 7) is 6.06. The number of hydrogen-bond acceptors (Lipinski definition) is 4. The number of rotatable bonds is 2. The highest BCUT2D eigenvalue weighted by Gasteiger charge is 2.20. The highest BCUT2D eigenvalue weighted by atomic mass is 35.5. The summed E-state index contributed by atoms with van der Waals surface area (Å²) in [7, 11) is 6.65. The number of nitrogens with zero attached hydrogens (tertiary/aromatic N) is 3. The molecule has 8 nitrogen and oxygen atoms in total. The number of amides is 4. The van der Waals surface area contributed by atoms with Crippen LogP contribution in [0.1, 0.15) is 26.5 Å². The van der Waals surface area contributed by atoms with Crippen molar-refractivity contribution in [3.05, 3.63) is 40.1 Å². The molecule has 0 saturated carbocycles. The van der Waals surface area contributed by atoms with Crippen molar-refractivity contribution in [1.82, 2.24) is 15.0 Å². The molecule has 160 valence electrons. The standard InChI is InChI=1S/C10H17N3O2.C9H10Cl2N2O/c1-10(2,3)7-6-8(12-15-7)11-9(14)13(4)5;1-13(2)9(14)12-6-3-4-7(10)8(11)5-6/h6H,1-5H3,(H,11,12,14);3-5H,1-2H3,(H,12,14). The SMILES string of the molecule is CN(C)C(=O)Nc1cc(C(C)(C)C)on1.CN(C)C(=O)Nc1ccc(Cl)c(Cl)c1. The van der Waals surface area contributed by atoms with E-state index in [2.05, 4.69) is 15.8 Å². The fourth-order valence-electron chi connectivity index (χ4n) is 1.72. The van der Waals surface area contributed by atoms with E-state index in [0.717, 1.165) is 5.76 Å². The van der Waals surface area contributed by atoms with E-state index in [-0.39, 0.29) is 17.5 Å². The Hall–Kier alpha value is -2.45. The first-order chi connectivity index (χ1) is 13.3. The number of benzene rings is 1. The summed E-state index contributed by atoms with van der Waals surface area (Å²) in [5.41, 5.74) is 0.520. The molecular formula is C19H27Cl2N5O3. The molecule has 1 aromatic heterocycles. The lowest BCUT2D eigenvalue weighted by molar-refractivity contribution is 0.230. The second-order valence-corrected chi connectivity index (χ2v) is 8.42. The number of carbonyl (C=O) groups excluding carboxylic acids is 2. The molecule has 0 aliphatic carbocycles. The molecule has 2 aromatic rings. The lowest BCUT2D eigenvalue weighted by atomic mass is 9.93. The molecule has 10 heteroatoms. The molecule has 0 atom stereocenters. The Bertz CT molecular complexity index is 845. The number of urea groups is 2. The first-order valence-corrected chi connectivity index (χ1v) is 9.45. The number of anilines is 2. The Kier molecular flexibility index (Phi) is 8.79. The molecule has 0 bridgehead atoms. The van der Waals surface area contributed by atoms with Crippen molar-refractivity contribution in [2.75, 3.05) is 38.8 Å². The van der Waals surface area contributed by atoms with Crippen LogP contribution in [0.5, 0.6) is 0 Å². The van der Waals surface area contributed by atoms with Gasteiger partial charge in [0.2, 0.25) is 0 Å². The lowest BCUT2D eigenvalue weighted by Crippen LogP contribution is -2.27. The van der Waals surface area contributed by atoms with Gasteiger partial charge < -0.3 is 19.6 Å². The number of carbonyl (C=O) groups is 2. The predicted octanol–water partition coefficient (Wildman–Crippen LogP) is 5.15. The number of aromatic nitrogens is 1. The summed E-state index contributed by atoms with van der Waals surface area (Å²) in [5, 5.41) is 9.93. The Morgan fingerprint density at radius 2 is 1.48 bits per heavy atom. The van der Waals surface area contributed by atoms with Gasteiger partial charge in [0, 0.05) is 45.4 Å². The van der Waals surface area contributed by atoms with Gasteiger partial charge in [-0.15, -0.1) is 0 Å². The first kappa shape index (κ1) is 24.6. The van der Waals surface area contributed by atoms with Crippen LogP contribution in [0.25, 0.3) is 0 Å². The molecule has 1 heterocycles. The minimum absolute atomic E-state index is 0.103. The maximum absolute atomic E-state index is 11.3. The zero-order chi connectivity index (χ0) is 22.4. The second-order valence-electron chi connectivity index (χ2n) is 7.60. The third kappa shape index (κ3) is 8.21. The van der Waals surface area contributed by atoms with Crippen molar-refractivity contribution in [3.63, 3.8) is 0 Å². The summed E-state index contributed by atoms with van der Waals surface area (Å²) in [6, 6.07) is 6.24. The van der Waals surface area contributed by atoms with Crippen LogP contribution < -0.4 is 10.6 Å². The molecule has 1 aromatic carbocycles. The fourth-order valence-corrected chi connectivity index (χ4v) is 2.02. The van der Waals surface area contributed by atoms with Crippen molar-refractivity contribution in [3.8, 4) is 0 Å². The van der Waals surface area contributed by atoms with Gasteiger partial charge in [0.1, 0.15) is 5.76 Å². The first-order valence-electron chi connectivity index (χ1n) is 8.70. The maximum Gasteiger partial charge on any atom is 0.322 e. The van der Waals surface area contributed by atoms with Gasteiger partial charge in [-0.1, -0.05) is 49.1 Å². The fraction of sp³-hybridized carbons (Fsp3) is 0.421. The normalized spacial score (nSPS) is 10.5. The molecule has 0 saturated heterocycles. The highest BCUT2D eigenvalue weighted by Crippen LogP contribution is 2.25. The molecule has 0 aliphatic heterocycles. The van der Waals surface area contributed by atoms with Crippen LogP contribution in [-0.2, 0) is 5.41 Å². The van der Waals surface area contributed by atoms with Gasteiger partial charge in [0.05, 0.1) is 10.0 Å². The van der Waals surface area contributed by atoms with E-state index >= 15 is 0 Å². The minimum Gasteiger partial charge on any atom is -0.359 e. The van der Waals surface area contributed by atoms with Crippen LogP contribution in [0.4, 0.5) is 21.1 Å². The monoisotopic (exact) mass is 443 g/mol. The van der Waals surface area contributed by atoms with Crippen LogP contribution in [0, 0.1) is 0 Å². The predicted molar refractivity (Wildman–Crippen MR) is 117 cm³/mol. The zero-order valence-electron chi connectivity index (χ0n) is 17.6. The summed E-state index contributed by atoms with van der Waals surface area (Å²) in [4.78, 5) is 25.4. The molecule has 0 radical (unpaired) electrons. The van der Waals surface area contributed by atoms with Gasteiger partial charge in [0.25, 0.3) is 0 Å². The van der Waals surface area contributed by atoms with Crippen molar-refractivity contribution < 1.29 is 14.1 Å². The lowest BCUT2D eigenvalue weighted by Gasteiger charge is -2.12. The molecule has 0 aliphatic rings. The molecule has 0 fully saturated rings. The van der Waals surface area contributed by atoms with Crippen LogP contribution in [-0.4, -0.2) is 55.2 Å². The van der Waals surface area contributed by atoms with Crippen LogP contribution in [0.2, 0.25) is 10.0 Å². The summed E-state index contributed by atoms with van der Waals surface area (Å²) >= 11 is 11.5. The Morgan fingerprint density at radius 3 is 1.93 bits per heavy atom. The number of nitrogens with one attached hydrogen (secondary N) is 2. The molecule has 0 spiro atoms. The number of hydrogen-bond donors (Lipinski definition) is 2. The van der Waals surface area contributed by atoms with Crippen molar-refractivity contribution in [2.24, 2.45) is 0 Å². The average molecular weight is 444 g/mol. The van der Waals surface area contributed by atoms with E-state index in [1.165, 1.54) is 9.80 Å². The van der Waals surface area contributed by atoms with Gasteiger partial charge >= 0.3 is 12.1 Å². The second kappa shape index (κ2) is 10.4. The van der Waals surface area contributed by atoms with Gasteiger partial charge in [-0.05, 0) is 18.2 Å². The molecule has 4 amide bonds. The topological polar surface area (TPSA) is 90.7 Å². The summed E-state index contributed by atoms with van der Waals surface area (Å²) in [6.07, 6.45) is 0. The number of halogens is 2. The smallest absolute Gasteiger partial charge is 0.322 e. The molecule has 29 heavy (non-hydrogen) atoms. The van der Waals surface area contributed by atoms with E-state index in [1.54, 1.807) is 52.5 Å². The highest BCUT2D eigenvalue weighted by molar-refractivity contribution is 6.42. The van der Waals surface area contributed by atoms with E-state index < -0.39 is 0 Å². The van der Waals surface area contributed by atoms with Crippen LogP contribution in [0.3, 0.4) is 0 Å². The minimum atomic E-state index is -0.219. The van der Waals surface area contributed by atoms with Crippen molar-refractivity contribution in [1.29, 1.82) is 0 Å². The van der Waals surface area contributed by atoms with Gasteiger partial charge in [-0.25, -0.2) is 9.59 Å². The van der Waals surface area contributed by atoms with Crippen LogP contribution in [0.15, 0.2) is 28.8 Å². The van der Waals surface area contributed by atoms with E-state index in [9.17, 15) is 9.59 Å². The van der Waals surface area contributed by atoms with E-state index in [1.807, 2.05) is 20.8 Å². The van der Waals surface area contributed by atoms with Crippen molar-refractivity contribution in [2.45, 2.75) is 26.2 Å². The van der Waals surface area contributed by atoms with Crippen LogP contribution >= 0.6 is 23.2 Å². The largest absolute Gasteiger partial charge is 0.359 e. The third-order valence-corrected chi connectivity index (χ3v) is 4.21. The van der Waals surface area contributed by atoms with E-state index in [0.29, 0.717) is 21.6 Å². The molecular weight excluding hydrogens is 417 g/mol. The van der Waals surface area contributed by atoms with Crippen molar-refractivity contribution >= 4 is 46.8 Å². The average Bonchev–Trinajstić information content (AvgIpc) is 3.07. The summed E-state index contributed by atoms with van der Waals surface area (Å²) < 4.78 is 5.13.